The number of halogens is 1. The topological polar surface area (TPSA) is 49.8 Å². The molecule has 1 aromatic carbocycles. The van der Waals surface area contributed by atoms with E-state index in [1.165, 1.54) is 6.07 Å². The molecule has 0 bridgehead atoms. The van der Waals surface area contributed by atoms with Crippen LogP contribution in [0.4, 0.5) is 0 Å². The highest BCUT2D eigenvalue weighted by Crippen LogP contribution is 2.22. The summed E-state index contributed by atoms with van der Waals surface area (Å²) in [5.74, 6) is -0.376. The molecule has 1 rings (SSSR count). The zero-order valence-corrected chi connectivity index (χ0v) is 12.2. The predicted octanol–water partition coefficient (Wildman–Crippen LogP) is 2.87. The molecular formula is C13H18BrNO3. The van der Waals surface area contributed by atoms with Crippen LogP contribution in [-0.4, -0.2) is 42.2 Å². The minimum absolute atomic E-state index is 0.218. The molecule has 0 fully saturated rings. The Morgan fingerprint density at radius 2 is 2.06 bits per heavy atom. The van der Waals surface area contributed by atoms with E-state index in [-0.39, 0.29) is 5.56 Å². The van der Waals surface area contributed by atoms with Gasteiger partial charge in [-0.15, -0.1) is 0 Å². The first-order valence-corrected chi connectivity index (χ1v) is 6.75. The van der Waals surface area contributed by atoms with Crippen LogP contribution < -0.4 is 4.74 Å². The van der Waals surface area contributed by atoms with Gasteiger partial charge in [-0.2, -0.15) is 0 Å². The summed E-state index contributed by atoms with van der Waals surface area (Å²) in [6, 6.07) is 4.99. The van der Waals surface area contributed by atoms with E-state index in [2.05, 4.69) is 34.7 Å². The Kier molecular flexibility index (Phi) is 6.15. The Morgan fingerprint density at radius 1 is 1.39 bits per heavy atom. The van der Waals surface area contributed by atoms with Crippen molar-refractivity contribution in [3.8, 4) is 5.75 Å². The van der Waals surface area contributed by atoms with Gasteiger partial charge in [-0.3, -0.25) is 0 Å². The summed E-state index contributed by atoms with van der Waals surface area (Å²) in [7, 11) is 0. The molecule has 0 aliphatic heterocycles. The summed E-state index contributed by atoms with van der Waals surface area (Å²) in [6.45, 7) is 7.58. The van der Waals surface area contributed by atoms with E-state index in [0.29, 0.717) is 16.8 Å². The Labute approximate surface area is 116 Å². The van der Waals surface area contributed by atoms with E-state index in [1.54, 1.807) is 12.1 Å². The zero-order chi connectivity index (χ0) is 13.5. The Bertz CT molecular complexity index is 405. The second kappa shape index (κ2) is 7.38. The van der Waals surface area contributed by atoms with Crippen molar-refractivity contribution >= 4 is 21.9 Å². The van der Waals surface area contributed by atoms with Gasteiger partial charge >= 0.3 is 5.97 Å². The van der Waals surface area contributed by atoms with Crippen molar-refractivity contribution < 1.29 is 14.6 Å². The number of carboxylic acid groups (broad SMARTS) is 1. The molecule has 18 heavy (non-hydrogen) atoms. The van der Waals surface area contributed by atoms with Crippen LogP contribution in [0.15, 0.2) is 22.7 Å². The molecule has 0 radical (unpaired) electrons. The highest BCUT2D eigenvalue weighted by Gasteiger charge is 2.09. The number of carbonyl (C=O) groups is 1. The second-order valence-electron chi connectivity index (χ2n) is 3.82. The van der Waals surface area contributed by atoms with Crippen LogP contribution in [0.2, 0.25) is 0 Å². The lowest BCUT2D eigenvalue weighted by Gasteiger charge is -2.18. The summed E-state index contributed by atoms with van der Waals surface area (Å²) in [5.41, 5.74) is 0.218. The van der Waals surface area contributed by atoms with E-state index in [0.717, 1.165) is 19.6 Å². The molecular weight excluding hydrogens is 298 g/mol. The van der Waals surface area contributed by atoms with Gasteiger partial charge in [0.25, 0.3) is 0 Å². The lowest BCUT2D eigenvalue weighted by molar-refractivity contribution is 0.0695. The Hall–Kier alpha value is -1.07. The van der Waals surface area contributed by atoms with Crippen LogP contribution in [0.25, 0.3) is 0 Å². The van der Waals surface area contributed by atoms with E-state index >= 15 is 0 Å². The van der Waals surface area contributed by atoms with Crippen molar-refractivity contribution in [3.63, 3.8) is 0 Å². The standard InChI is InChI=1S/C13H18BrNO3/c1-3-15(4-2)7-8-18-10-5-6-12(14)11(9-10)13(16)17/h5-6,9H,3-4,7-8H2,1-2H3,(H,16,17). The van der Waals surface area contributed by atoms with Crippen LogP contribution in [0.3, 0.4) is 0 Å². The normalized spacial score (nSPS) is 10.7. The molecule has 0 saturated carbocycles. The van der Waals surface area contributed by atoms with Gasteiger partial charge in [0.15, 0.2) is 0 Å². The van der Waals surface area contributed by atoms with Crippen molar-refractivity contribution in [1.29, 1.82) is 0 Å². The molecule has 1 aromatic rings. The molecule has 5 heteroatoms. The quantitative estimate of drug-likeness (QED) is 0.840. The molecule has 4 nitrogen and oxygen atoms in total. The van der Waals surface area contributed by atoms with E-state index in [1.807, 2.05) is 0 Å². The van der Waals surface area contributed by atoms with Crippen LogP contribution >= 0.6 is 15.9 Å². The first-order chi connectivity index (χ1) is 8.58. The van der Waals surface area contributed by atoms with Gasteiger partial charge in [0.1, 0.15) is 12.4 Å². The lowest BCUT2D eigenvalue weighted by Crippen LogP contribution is -2.27. The van der Waals surface area contributed by atoms with Gasteiger partial charge in [0.05, 0.1) is 5.56 Å². The lowest BCUT2D eigenvalue weighted by atomic mass is 10.2. The third-order valence-electron chi connectivity index (χ3n) is 2.74. The summed E-state index contributed by atoms with van der Waals surface area (Å²) in [6.07, 6.45) is 0. The molecule has 0 unspecified atom stereocenters. The van der Waals surface area contributed by atoms with Crippen molar-refractivity contribution in [2.24, 2.45) is 0 Å². The van der Waals surface area contributed by atoms with Crippen molar-refractivity contribution in [2.75, 3.05) is 26.2 Å². The largest absolute Gasteiger partial charge is 0.492 e. The predicted molar refractivity (Wildman–Crippen MR) is 74.4 cm³/mol. The highest BCUT2D eigenvalue weighted by atomic mass is 79.9. The molecule has 0 amide bonds. The number of benzene rings is 1. The number of likely N-dealkylation sites (N-methyl/N-ethyl adjacent to an activating group) is 1. The maximum absolute atomic E-state index is 11.0. The first kappa shape index (κ1) is 15.0. The van der Waals surface area contributed by atoms with Gasteiger partial charge in [-0.25, -0.2) is 4.79 Å². The minimum Gasteiger partial charge on any atom is -0.492 e. The molecule has 0 aromatic heterocycles. The van der Waals surface area contributed by atoms with Gasteiger partial charge in [-0.1, -0.05) is 13.8 Å². The fraction of sp³-hybridized carbons (Fsp3) is 0.462. The number of carboxylic acids is 1. The summed E-state index contributed by atoms with van der Waals surface area (Å²) < 4.78 is 6.12. The zero-order valence-electron chi connectivity index (χ0n) is 10.6. The molecule has 0 aliphatic rings. The molecule has 0 aliphatic carbocycles. The number of ether oxygens (including phenoxy) is 1. The molecule has 100 valence electrons. The number of rotatable bonds is 7. The second-order valence-corrected chi connectivity index (χ2v) is 4.68. The molecule has 1 N–H and O–H groups in total. The van der Waals surface area contributed by atoms with Gasteiger partial charge in [0.2, 0.25) is 0 Å². The number of hydrogen-bond acceptors (Lipinski definition) is 3. The van der Waals surface area contributed by atoms with Crippen LogP contribution in [0.5, 0.6) is 5.75 Å². The van der Waals surface area contributed by atoms with E-state index in [9.17, 15) is 4.79 Å². The smallest absolute Gasteiger partial charge is 0.336 e. The monoisotopic (exact) mass is 315 g/mol. The number of nitrogens with zero attached hydrogens (tertiary/aromatic N) is 1. The third-order valence-corrected chi connectivity index (χ3v) is 3.43. The van der Waals surface area contributed by atoms with Gasteiger partial charge < -0.3 is 14.7 Å². The Balaban J connectivity index is 2.58. The molecule has 0 atom stereocenters. The van der Waals surface area contributed by atoms with Crippen molar-refractivity contribution in [3.05, 3.63) is 28.2 Å². The number of hydrogen-bond donors (Lipinski definition) is 1. The molecule has 0 spiro atoms. The van der Waals surface area contributed by atoms with E-state index in [4.69, 9.17) is 9.84 Å². The van der Waals surface area contributed by atoms with Gasteiger partial charge in [-0.05, 0) is 47.2 Å². The van der Waals surface area contributed by atoms with Crippen LogP contribution in [0, 0.1) is 0 Å². The van der Waals surface area contributed by atoms with Crippen LogP contribution in [0.1, 0.15) is 24.2 Å². The highest BCUT2D eigenvalue weighted by molar-refractivity contribution is 9.10. The first-order valence-electron chi connectivity index (χ1n) is 5.96. The maximum atomic E-state index is 11.0. The van der Waals surface area contributed by atoms with Crippen LogP contribution in [-0.2, 0) is 0 Å². The SMILES string of the molecule is CCN(CC)CCOc1ccc(Br)c(C(=O)O)c1. The van der Waals surface area contributed by atoms with Crippen molar-refractivity contribution in [2.45, 2.75) is 13.8 Å². The van der Waals surface area contributed by atoms with E-state index < -0.39 is 5.97 Å². The minimum atomic E-state index is -0.962. The molecule has 0 saturated heterocycles. The maximum Gasteiger partial charge on any atom is 0.336 e. The summed E-state index contributed by atoms with van der Waals surface area (Å²) in [4.78, 5) is 13.2. The fourth-order valence-electron chi connectivity index (χ4n) is 1.59. The van der Waals surface area contributed by atoms with Gasteiger partial charge in [0, 0.05) is 11.0 Å². The van der Waals surface area contributed by atoms with Crippen molar-refractivity contribution in [1.82, 2.24) is 4.90 Å². The average Bonchev–Trinajstić information content (AvgIpc) is 2.36. The molecule has 0 heterocycles. The third kappa shape index (κ3) is 4.31. The number of aromatic carboxylic acids is 1. The average molecular weight is 316 g/mol. The summed E-state index contributed by atoms with van der Waals surface area (Å²) >= 11 is 3.20. The summed E-state index contributed by atoms with van der Waals surface area (Å²) in [5, 5.41) is 8.99. The Morgan fingerprint density at radius 3 is 2.61 bits per heavy atom. The fourth-order valence-corrected chi connectivity index (χ4v) is 2.01.